The van der Waals surface area contributed by atoms with Crippen LogP contribution in [0.15, 0.2) is 30.3 Å². The first-order valence-corrected chi connectivity index (χ1v) is 8.14. The van der Waals surface area contributed by atoms with Crippen LogP contribution >= 0.6 is 11.8 Å². The summed E-state index contributed by atoms with van der Waals surface area (Å²) in [5.41, 5.74) is 0.628. The number of hydrogen-bond acceptors (Lipinski definition) is 6. The number of benzene rings is 1. The maximum absolute atomic E-state index is 9.90. The molecule has 0 radical (unpaired) electrons. The Morgan fingerprint density at radius 3 is 2.38 bits per heavy atom. The first-order valence-electron chi connectivity index (χ1n) is 7.09. The highest BCUT2D eigenvalue weighted by atomic mass is 32.2. The van der Waals surface area contributed by atoms with E-state index >= 15 is 0 Å². The van der Waals surface area contributed by atoms with Gasteiger partial charge in [-0.3, -0.25) is 0 Å². The molecule has 6 heteroatoms. The van der Waals surface area contributed by atoms with E-state index in [9.17, 15) is 15.3 Å². The Kier molecular flexibility index (Phi) is 6.47. The fraction of sp³-hybridized carbons (Fsp3) is 0.600. The lowest BCUT2D eigenvalue weighted by atomic mass is 10.0. The lowest BCUT2D eigenvalue weighted by molar-refractivity contribution is -0.205. The summed E-state index contributed by atoms with van der Waals surface area (Å²) in [5.74, 6) is 0.761. The van der Waals surface area contributed by atoms with E-state index < -0.39 is 29.9 Å². The number of thioether (sulfide) groups is 1. The topological polar surface area (TPSA) is 90.2 Å². The number of aliphatic hydroxyl groups excluding tert-OH is 4. The molecule has 1 fully saturated rings. The molecule has 4 N–H and O–H groups in total. The number of hydrogen-bond donors (Lipinski definition) is 4. The maximum Gasteiger partial charge on any atom is 0.132 e. The lowest BCUT2D eigenvalue weighted by Gasteiger charge is -2.39. The van der Waals surface area contributed by atoms with Crippen LogP contribution in [-0.2, 0) is 11.2 Å². The van der Waals surface area contributed by atoms with Crippen molar-refractivity contribution >= 4 is 11.8 Å². The van der Waals surface area contributed by atoms with Crippen molar-refractivity contribution in [1.82, 2.24) is 0 Å². The van der Waals surface area contributed by atoms with Crippen LogP contribution in [0.25, 0.3) is 0 Å². The van der Waals surface area contributed by atoms with Gasteiger partial charge in [0, 0.05) is 0 Å². The third-order valence-corrected chi connectivity index (χ3v) is 4.83. The van der Waals surface area contributed by atoms with E-state index in [0.717, 1.165) is 18.6 Å². The van der Waals surface area contributed by atoms with Gasteiger partial charge in [0.15, 0.2) is 0 Å². The van der Waals surface area contributed by atoms with Crippen molar-refractivity contribution in [2.75, 3.05) is 12.4 Å². The second kappa shape index (κ2) is 8.12. The Morgan fingerprint density at radius 2 is 1.71 bits per heavy atom. The predicted octanol–water partition coefficient (Wildman–Crippen LogP) is 0.152. The summed E-state index contributed by atoms with van der Waals surface area (Å²) in [4.78, 5) is 0. The molecule has 5 atom stereocenters. The van der Waals surface area contributed by atoms with Crippen molar-refractivity contribution in [3.8, 4) is 0 Å². The van der Waals surface area contributed by atoms with E-state index in [2.05, 4.69) is 12.1 Å². The van der Waals surface area contributed by atoms with Gasteiger partial charge in [-0.1, -0.05) is 30.3 Å². The molecule has 1 aromatic rings. The van der Waals surface area contributed by atoms with Crippen LogP contribution in [0.1, 0.15) is 12.0 Å². The molecule has 118 valence electrons. The Labute approximate surface area is 128 Å². The molecular formula is C15H22O5S. The summed E-state index contributed by atoms with van der Waals surface area (Å²) in [5, 5.41) is 38.4. The van der Waals surface area contributed by atoms with Gasteiger partial charge in [-0.2, -0.15) is 0 Å². The Bertz CT molecular complexity index is 414. The van der Waals surface area contributed by atoms with Gasteiger partial charge in [0.1, 0.15) is 29.9 Å². The van der Waals surface area contributed by atoms with Crippen LogP contribution in [0.4, 0.5) is 0 Å². The van der Waals surface area contributed by atoms with Gasteiger partial charge >= 0.3 is 0 Å². The minimum Gasteiger partial charge on any atom is -0.394 e. The first kappa shape index (κ1) is 16.7. The van der Waals surface area contributed by atoms with E-state index in [1.165, 1.54) is 17.3 Å². The predicted molar refractivity (Wildman–Crippen MR) is 81.0 cm³/mol. The smallest absolute Gasteiger partial charge is 0.132 e. The molecule has 5 nitrogen and oxygen atoms in total. The van der Waals surface area contributed by atoms with Crippen LogP contribution in [0.5, 0.6) is 0 Å². The van der Waals surface area contributed by atoms with E-state index in [1.807, 2.05) is 18.2 Å². The molecule has 0 aliphatic carbocycles. The summed E-state index contributed by atoms with van der Waals surface area (Å²) in [7, 11) is 0. The van der Waals surface area contributed by atoms with Gasteiger partial charge in [-0.25, -0.2) is 0 Å². The van der Waals surface area contributed by atoms with Crippen LogP contribution in [0.3, 0.4) is 0 Å². The number of ether oxygens (including phenoxy) is 1. The van der Waals surface area contributed by atoms with Crippen molar-refractivity contribution in [2.45, 2.75) is 42.7 Å². The first-order chi connectivity index (χ1) is 10.1. The number of aryl methyl sites for hydroxylation is 1. The summed E-state index contributed by atoms with van der Waals surface area (Å²) >= 11 is 1.40. The molecule has 1 aliphatic heterocycles. The highest BCUT2D eigenvalue weighted by molar-refractivity contribution is 7.99. The molecule has 2 rings (SSSR count). The monoisotopic (exact) mass is 314 g/mol. The van der Waals surface area contributed by atoms with Crippen LogP contribution in [-0.4, -0.2) is 62.6 Å². The summed E-state index contributed by atoms with van der Waals surface area (Å²) < 4.78 is 5.44. The Hall–Kier alpha value is -0.630. The zero-order chi connectivity index (χ0) is 15.2. The summed E-state index contributed by atoms with van der Waals surface area (Å²) in [6.07, 6.45) is -2.69. The average Bonchev–Trinajstić information content (AvgIpc) is 2.52. The van der Waals surface area contributed by atoms with Crippen molar-refractivity contribution in [3.05, 3.63) is 35.9 Å². The molecule has 0 saturated carbocycles. The van der Waals surface area contributed by atoms with Crippen molar-refractivity contribution in [2.24, 2.45) is 0 Å². The quantitative estimate of drug-likeness (QED) is 0.559. The molecule has 21 heavy (non-hydrogen) atoms. The van der Waals surface area contributed by atoms with Gasteiger partial charge in [-0.15, -0.1) is 11.8 Å². The van der Waals surface area contributed by atoms with Crippen molar-refractivity contribution < 1.29 is 25.2 Å². The van der Waals surface area contributed by atoms with Gasteiger partial charge in [-0.05, 0) is 24.2 Å². The molecule has 1 saturated heterocycles. The molecular weight excluding hydrogens is 292 g/mol. The minimum atomic E-state index is -1.29. The Balaban J connectivity index is 1.77. The van der Waals surface area contributed by atoms with E-state index in [0.29, 0.717) is 0 Å². The third-order valence-electron chi connectivity index (χ3n) is 3.58. The standard InChI is InChI=1S/C15H22O5S/c16-9-11-12(17)13(18)14(19)15(20-11)21-8-4-7-10-5-2-1-3-6-10/h1-3,5-6,11-19H,4,7-9H2. The molecule has 1 heterocycles. The second-order valence-electron chi connectivity index (χ2n) is 5.16. The van der Waals surface area contributed by atoms with Crippen LogP contribution in [0, 0.1) is 0 Å². The van der Waals surface area contributed by atoms with Gasteiger partial charge < -0.3 is 25.2 Å². The van der Waals surface area contributed by atoms with E-state index in [4.69, 9.17) is 9.84 Å². The van der Waals surface area contributed by atoms with Gasteiger partial charge in [0.25, 0.3) is 0 Å². The second-order valence-corrected chi connectivity index (χ2v) is 6.36. The lowest BCUT2D eigenvalue weighted by Crippen LogP contribution is -2.57. The molecule has 1 aliphatic rings. The van der Waals surface area contributed by atoms with Crippen LogP contribution < -0.4 is 0 Å². The Morgan fingerprint density at radius 1 is 1.00 bits per heavy atom. The van der Waals surface area contributed by atoms with E-state index in [1.54, 1.807) is 0 Å². The molecule has 0 aromatic heterocycles. The van der Waals surface area contributed by atoms with E-state index in [-0.39, 0.29) is 6.61 Å². The van der Waals surface area contributed by atoms with Gasteiger partial charge in [0.2, 0.25) is 0 Å². The highest BCUT2D eigenvalue weighted by Crippen LogP contribution is 2.29. The number of aliphatic hydroxyl groups is 4. The molecule has 1 aromatic carbocycles. The summed E-state index contributed by atoms with van der Waals surface area (Å²) in [6, 6.07) is 10.1. The molecule has 0 bridgehead atoms. The third kappa shape index (κ3) is 4.42. The zero-order valence-corrected chi connectivity index (χ0v) is 12.5. The van der Waals surface area contributed by atoms with Gasteiger partial charge in [0.05, 0.1) is 6.61 Å². The van der Waals surface area contributed by atoms with Crippen molar-refractivity contribution in [3.63, 3.8) is 0 Å². The maximum atomic E-state index is 9.90. The molecule has 0 amide bonds. The fourth-order valence-corrected chi connectivity index (χ4v) is 3.45. The summed E-state index contributed by atoms with van der Waals surface area (Å²) in [6.45, 7) is -0.383. The molecule has 0 spiro atoms. The minimum absolute atomic E-state index is 0.383. The normalized spacial score (nSPS) is 33.0. The van der Waals surface area contributed by atoms with Crippen LogP contribution in [0.2, 0.25) is 0 Å². The van der Waals surface area contributed by atoms with Crippen molar-refractivity contribution in [1.29, 1.82) is 0 Å². The molecule has 5 unspecified atom stereocenters. The number of rotatable bonds is 6. The largest absolute Gasteiger partial charge is 0.394 e. The zero-order valence-electron chi connectivity index (χ0n) is 11.7. The average molecular weight is 314 g/mol. The SMILES string of the molecule is OCC1OC(SCCCc2ccccc2)C(O)C(O)C1O. The fourth-order valence-electron chi connectivity index (χ4n) is 2.33. The highest BCUT2D eigenvalue weighted by Gasteiger charge is 2.43.